The average Bonchev–Trinajstić information content (AvgIpc) is 2.75. The summed E-state index contributed by atoms with van der Waals surface area (Å²) in [6, 6.07) is 8.56. The molecule has 3 rings (SSSR count). The Balaban J connectivity index is 0.00000120. The van der Waals surface area contributed by atoms with Gasteiger partial charge in [0.25, 0.3) is 0 Å². The lowest BCUT2D eigenvalue weighted by Crippen LogP contribution is -2.50. The number of carbonyl (C=O) groups excluding carboxylic acids is 1. The van der Waals surface area contributed by atoms with E-state index in [-0.39, 0.29) is 24.4 Å². The lowest BCUT2D eigenvalue weighted by Gasteiger charge is -2.31. The highest BCUT2D eigenvalue weighted by atomic mass is 35.5. The van der Waals surface area contributed by atoms with E-state index in [1.165, 1.54) is 18.4 Å². The zero-order valence-corrected chi connectivity index (χ0v) is 11.0. The zero-order valence-electron chi connectivity index (χ0n) is 10.2. The summed E-state index contributed by atoms with van der Waals surface area (Å²) in [5.74, 6) is 0.254. The number of ether oxygens (including phenoxy) is 1. The molecule has 98 valence electrons. The third kappa shape index (κ3) is 2.06. The Morgan fingerprint density at radius 2 is 2.17 bits per heavy atom. The summed E-state index contributed by atoms with van der Waals surface area (Å²) in [4.78, 5) is 11.6. The van der Waals surface area contributed by atoms with Crippen molar-refractivity contribution >= 4 is 24.1 Å². The molecule has 0 aromatic heterocycles. The first kappa shape index (κ1) is 13.2. The van der Waals surface area contributed by atoms with Gasteiger partial charge in [-0.2, -0.15) is 0 Å². The Morgan fingerprint density at radius 1 is 1.39 bits per heavy atom. The zero-order chi connectivity index (χ0) is 11.8. The molecule has 2 aliphatic rings. The number of rotatable bonds is 1. The molecule has 1 aromatic carbocycles. The van der Waals surface area contributed by atoms with Crippen LogP contribution in [0.5, 0.6) is 0 Å². The van der Waals surface area contributed by atoms with Crippen molar-refractivity contribution in [2.45, 2.75) is 24.4 Å². The number of anilines is 1. The van der Waals surface area contributed by atoms with Gasteiger partial charge in [-0.15, -0.1) is 12.4 Å². The molecule has 0 amide bonds. The summed E-state index contributed by atoms with van der Waals surface area (Å²) in [6.07, 6.45) is 0.807. The number of hydrogen-bond acceptors (Lipinski definition) is 4. The van der Waals surface area contributed by atoms with Gasteiger partial charge in [-0.3, -0.25) is 4.79 Å². The summed E-state index contributed by atoms with van der Waals surface area (Å²) >= 11 is 0. The van der Waals surface area contributed by atoms with Crippen molar-refractivity contribution < 1.29 is 9.53 Å². The van der Waals surface area contributed by atoms with E-state index in [9.17, 15) is 4.79 Å². The first-order valence-corrected chi connectivity index (χ1v) is 5.96. The third-order valence-corrected chi connectivity index (χ3v) is 3.75. The van der Waals surface area contributed by atoms with Crippen LogP contribution in [0.4, 0.5) is 5.69 Å². The van der Waals surface area contributed by atoms with Gasteiger partial charge in [-0.1, -0.05) is 18.2 Å². The minimum Gasteiger partial charge on any atom is -0.468 e. The topological polar surface area (TPSA) is 50.4 Å². The minimum atomic E-state index is -0.172. The fourth-order valence-corrected chi connectivity index (χ4v) is 2.88. The number of piperidine rings is 1. The molecule has 3 atom stereocenters. The van der Waals surface area contributed by atoms with Gasteiger partial charge in [-0.05, 0) is 18.1 Å². The van der Waals surface area contributed by atoms with Crippen LogP contribution in [0.15, 0.2) is 24.3 Å². The summed E-state index contributed by atoms with van der Waals surface area (Å²) in [7, 11) is 1.44. The van der Waals surface area contributed by atoms with E-state index in [0.717, 1.165) is 13.0 Å². The highest BCUT2D eigenvalue weighted by Gasteiger charge is 2.39. The summed E-state index contributed by atoms with van der Waals surface area (Å²) in [5.41, 5.74) is 2.53. The molecule has 18 heavy (non-hydrogen) atoms. The fourth-order valence-electron chi connectivity index (χ4n) is 2.88. The van der Waals surface area contributed by atoms with Gasteiger partial charge in [0.15, 0.2) is 0 Å². The molecule has 2 unspecified atom stereocenters. The lowest BCUT2D eigenvalue weighted by atomic mass is 9.85. The maximum Gasteiger partial charge on any atom is 0.322 e. The van der Waals surface area contributed by atoms with Crippen molar-refractivity contribution in [3.63, 3.8) is 0 Å². The smallest absolute Gasteiger partial charge is 0.322 e. The standard InChI is InChI=1S/C13H16N2O2.ClH/c1-17-13(16)11-6-9-8-4-2-3-5-10(8)15-12(9)7-14-11;/h2-5,9,11-12,14-15H,6-7H2,1H3;1H/t9?,11-,12?;/m0./s1. The number of benzene rings is 1. The van der Waals surface area contributed by atoms with Gasteiger partial charge in [0.1, 0.15) is 6.04 Å². The summed E-state index contributed by atoms with van der Waals surface area (Å²) in [5, 5.41) is 6.74. The van der Waals surface area contributed by atoms with Crippen LogP contribution in [0.25, 0.3) is 0 Å². The highest BCUT2D eigenvalue weighted by Crippen LogP contribution is 2.40. The number of halogens is 1. The predicted octanol–water partition coefficient (Wildman–Crippen LogP) is 1.52. The molecule has 0 aliphatic carbocycles. The van der Waals surface area contributed by atoms with Crippen LogP contribution < -0.4 is 10.6 Å². The van der Waals surface area contributed by atoms with Crippen molar-refractivity contribution in [3.8, 4) is 0 Å². The van der Waals surface area contributed by atoms with Gasteiger partial charge in [0.2, 0.25) is 0 Å². The highest BCUT2D eigenvalue weighted by molar-refractivity contribution is 5.85. The molecular formula is C13H17ClN2O2. The Morgan fingerprint density at radius 3 is 2.94 bits per heavy atom. The second-order valence-corrected chi connectivity index (χ2v) is 4.66. The van der Waals surface area contributed by atoms with Crippen molar-refractivity contribution in [2.24, 2.45) is 0 Å². The molecule has 2 aliphatic heterocycles. The molecule has 1 aromatic rings. The van der Waals surface area contributed by atoms with E-state index in [1.807, 2.05) is 6.07 Å². The fraction of sp³-hybridized carbons (Fsp3) is 0.462. The maximum atomic E-state index is 11.6. The average molecular weight is 269 g/mol. The first-order chi connectivity index (χ1) is 8.29. The van der Waals surface area contributed by atoms with Crippen molar-refractivity contribution in [1.82, 2.24) is 5.32 Å². The monoisotopic (exact) mass is 268 g/mol. The van der Waals surface area contributed by atoms with E-state index in [1.54, 1.807) is 0 Å². The number of esters is 1. The van der Waals surface area contributed by atoms with Crippen LogP contribution in [-0.4, -0.2) is 31.7 Å². The molecule has 0 spiro atoms. The van der Waals surface area contributed by atoms with Crippen molar-refractivity contribution in [2.75, 3.05) is 19.0 Å². The summed E-state index contributed by atoms with van der Waals surface area (Å²) in [6.45, 7) is 0.805. The Bertz CT molecular complexity index is 452. The van der Waals surface area contributed by atoms with Crippen LogP contribution in [0, 0.1) is 0 Å². The van der Waals surface area contributed by atoms with Crippen LogP contribution in [0.2, 0.25) is 0 Å². The molecule has 2 N–H and O–H groups in total. The second-order valence-electron chi connectivity index (χ2n) is 4.66. The number of para-hydroxylation sites is 1. The molecule has 4 nitrogen and oxygen atoms in total. The number of fused-ring (bicyclic) bond motifs is 3. The van der Waals surface area contributed by atoms with Crippen LogP contribution in [0.1, 0.15) is 17.9 Å². The van der Waals surface area contributed by atoms with E-state index in [4.69, 9.17) is 4.74 Å². The van der Waals surface area contributed by atoms with Crippen LogP contribution >= 0.6 is 12.4 Å². The number of hydrogen-bond donors (Lipinski definition) is 2. The van der Waals surface area contributed by atoms with Gasteiger partial charge in [-0.25, -0.2) is 0 Å². The number of methoxy groups -OCH3 is 1. The molecule has 0 radical (unpaired) electrons. The van der Waals surface area contributed by atoms with E-state index >= 15 is 0 Å². The molecule has 5 heteroatoms. The van der Waals surface area contributed by atoms with Gasteiger partial charge >= 0.3 is 5.97 Å². The second kappa shape index (κ2) is 5.16. The van der Waals surface area contributed by atoms with Crippen molar-refractivity contribution in [3.05, 3.63) is 29.8 Å². The quantitative estimate of drug-likeness (QED) is 0.759. The van der Waals surface area contributed by atoms with Gasteiger partial charge in [0.05, 0.1) is 7.11 Å². The maximum absolute atomic E-state index is 11.6. The molecule has 0 bridgehead atoms. The minimum absolute atomic E-state index is 0. The van der Waals surface area contributed by atoms with E-state index < -0.39 is 0 Å². The Kier molecular flexibility index (Phi) is 3.78. The predicted molar refractivity (Wildman–Crippen MR) is 72.3 cm³/mol. The molecular weight excluding hydrogens is 252 g/mol. The van der Waals surface area contributed by atoms with E-state index in [0.29, 0.717) is 12.0 Å². The van der Waals surface area contributed by atoms with Gasteiger partial charge in [0, 0.05) is 24.2 Å². The Hall–Kier alpha value is -1.26. The van der Waals surface area contributed by atoms with Crippen LogP contribution in [0.3, 0.4) is 0 Å². The van der Waals surface area contributed by atoms with Crippen molar-refractivity contribution in [1.29, 1.82) is 0 Å². The molecule has 0 saturated carbocycles. The normalized spacial score (nSPS) is 28.4. The largest absolute Gasteiger partial charge is 0.468 e. The first-order valence-electron chi connectivity index (χ1n) is 5.96. The third-order valence-electron chi connectivity index (χ3n) is 3.75. The number of nitrogens with one attached hydrogen (secondary N) is 2. The van der Waals surface area contributed by atoms with Crippen LogP contribution in [-0.2, 0) is 9.53 Å². The SMILES string of the molecule is COC(=O)[C@@H]1CC2c3ccccc3NC2CN1.Cl. The van der Waals surface area contributed by atoms with E-state index in [2.05, 4.69) is 28.8 Å². The molecule has 1 fully saturated rings. The molecule has 1 saturated heterocycles. The lowest BCUT2D eigenvalue weighted by molar-refractivity contribution is -0.143. The van der Waals surface area contributed by atoms with Gasteiger partial charge < -0.3 is 15.4 Å². The molecule has 2 heterocycles. The number of carbonyl (C=O) groups is 1. The Labute approximate surface area is 113 Å². The summed E-state index contributed by atoms with van der Waals surface area (Å²) < 4.78 is 4.80.